The number of carboxylic acid groups (broad SMARTS) is 1. The minimum atomic E-state index is -1.06. The molecule has 0 amide bonds. The van der Waals surface area contributed by atoms with Crippen LogP contribution in [0.15, 0.2) is 0 Å². The first-order valence-electron chi connectivity index (χ1n) is 6.26. The number of ether oxygens (including phenoxy) is 1. The van der Waals surface area contributed by atoms with Gasteiger partial charge in [-0.05, 0) is 18.8 Å². The molecule has 0 aromatic rings. The number of nitrogens with two attached hydrogens (primary N) is 1. The number of nitrogens with zero attached hydrogens (tertiary/aromatic N) is 1. The molecule has 0 saturated carbocycles. The minimum absolute atomic E-state index is 0.426. The summed E-state index contributed by atoms with van der Waals surface area (Å²) in [7, 11) is 0. The summed E-state index contributed by atoms with van der Waals surface area (Å²) < 4.78 is 5.51. The van der Waals surface area contributed by atoms with Crippen LogP contribution in [0.5, 0.6) is 0 Å². The van der Waals surface area contributed by atoms with Crippen LogP contribution >= 0.6 is 0 Å². The van der Waals surface area contributed by atoms with Crippen molar-refractivity contribution in [2.45, 2.75) is 32.2 Å². The van der Waals surface area contributed by atoms with Crippen molar-refractivity contribution in [2.24, 2.45) is 11.7 Å². The van der Waals surface area contributed by atoms with Crippen LogP contribution in [0, 0.1) is 5.92 Å². The number of carboxylic acids is 1. The van der Waals surface area contributed by atoms with Crippen molar-refractivity contribution in [3.8, 4) is 0 Å². The topological polar surface area (TPSA) is 75.8 Å². The fraction of sp³-hybridized carbons (Fsp3) is 0.917. The van der Waals surface area contributed by atoms with Gasteiger partial charge in [0.2, 0.25) is 0 Å². The van der Waals surface area contributed by atoms with E-state index in [1.165, 1.54) is 0 Å². The minimum Gasteiger partial charge on any atom is -0.480 e. The number of hydrogen-bond acceptors (Lipinski definition) is 4. The third kappa shape index (κ3) is 4.61. The summed E-state index contributed by atoms with van der Waals surface area (Å²) in [5.74, 6) is -0.244. The zero-order valence-corrected chi connectivity index (χ0v) is 10.8. The van der Waals surface area contributed by atoms with Crippen LogP contribution in [-0.4, -0.2) is 54.4 Å². The van der Waals surface area contributed by atoms with E-state index in [4.69, 9.17) is 15.6 Å². The van der Waals surface area contributed by atoms with Crippen molar-refractivity contribution in [1.29, 1.82) is 0 Å². The first-order valence-corrected chi connectivity index (χ1v) is 6.26. The van der Waals surface area contributed by atoms with Gasteiger partial charge in [0.25, 0.3) is 0 Å². The van der Waals surface area contributed by atoms with Gasteiger partial charge in [0.15, 0.2) is 0 Å². The molecule has 0 aliphatic carbocycles. The maximum atomic E-state index is 10.9. The monoisotopic (exact) mass is 244 g/mol. The lowest BCUT2D eigenvalue weighted by Gasteiger charge is -2.19. The molecule has 1 aliphatic heterocycles. The second-order valence-electron chi connectivity index (χ2n) is 5.28. The zero-order valence-electron chi connectivity index (χ0n) is 10.8. The summed E-state index contributed by atoms with van der Waals surface area (Å²) in [6.45, 7) is 7.70. The zero-order chi connectivity index (χ0) is 12.9. The Morgan fingerprint density at radius 3 is 2.76 bits per heavy atom. The van der Waals surface area contributed by atoms with E-state index >= 15 is 0 Å². The van der Waals surface area contributed by atoms with E-state index in [2.05, 4.69) is 18.7 Å². The van der Waals surface area contributed by atoms with E-state index in [1.54, 1.807) is 0 Å². The van der Waals surface area contributed by atoms with E-state index in [-0.39, 0.29) is 0 Å². The quantitative estimate of drug-likeness (QED) is 0.639. The fourth-order valence-corrected chi connectivity index (χ4v) is 1.89. The lowest BCUT2D eigenvalue weighted by atomic mass is 10.0. The van der Waals surface area contributed by atoms with E-state index in [0.29, 0.717) is 25.5 Å². The average Bonchev–Trinajstić information content (AvgIpc) is 2.61. The number of rotatable bonds is 7. The van der Waals surface area contributed by atoms with Crippen LogP contribution in [0.1, 0.15) is 26.7 Å². The second kappa shape index (κ2) is 6.33. The van der Waals surface area contributed by atoms with Crippen molar-refractivity contribution in [3.05, 3.63) is 0 Å². The van der Waals surface area contributed by atoms with Gasteiger partial charge in [-0.3, -0.25) is 9.69 Å². The van der Waals surface area contributed by atoms with Gasteiger partial charge in [-0.25, -0.2) is 0 Å². The van der Waals surface area contributed by atoms with E-state index < -0.39 is 11.5 Å². The third-order valence-corrected chi connectivity index (χ3v) is 3.20. The number of likely N-dealkylation sites (tertiary alicyclic amines) is 1. The van der Waals surface area contributed by atoms with Crippen LogP contribution in [0.25, 0.3) is 0 Å². The summed E-state index contributed by atoms with van der Waals surface area (Å²) in [6, 6.07) is 0. The average molecular weight is 244 g/mol. The smallest absolute Gasteiger partial charge is 0.325 e. The summed E-state index contributed by atoms with van der Waals surface area (Å²) in [5, 5.41) is 8.98. The normalized spacial score (nSPS) is 25.6. The second-order valence-corrected chi connectivity index (χ2v) is 5.28. The SMILES string of the molecule is CC(C)CCOCCN1CCC(N)(C(=O)O)C1. The summed E-state index contributed by atoms with van der Waals surface area (Å²) in [6.07, 6.45) is 1.59. The predicted octanol–water partition coefficient (Wildman–Crippen LogP) is 0.537. The van der Waals surface area contributed by atoms with Crippen molar-refractivity contribution in [2.75, 3.05) is 32.8 Å². The molecule has 17 heavy (non-hydrogen) atoms. The van der Waals surface area contributed by atoms with Crippen molar-refractivity contribution in [3.63, 3.8) is 0 Å². The number of hydrogen-bond donors (Lipinski definition) is 2. The van der Waals surface area contributed by atoms with E-state index in [0.717, 1.165) is 26.1 Å². The van der Waals surface area contributed by atoms with Crippen molar-refractivity contribution in [1.82, 2.24) is 4.90 Å². The Kier molecular flexibility index (Phi) is 5.36. The van der Waals surface area contributed by atoms with Crippen molar-refractivity contribution < 1.29 is 14.6 Å². The third-order valence-electron chi connectivity index (χ3n) is 3.20. The highest BCUT2D eigenvalue weighted by atomic mass is 16.5. The molecule has 0 aromatic heterocycles. The standard InChI is InChI=1S/C12H24N2O3/c1-10(2)3-7-17-8-6-14-5-4-12(13,9-14)11(15)16/h10H,3-9,13H2,1-2H3,(H,15,16). The van der Waals surface area contributed by atoms with Gasteiger partial charge >= 0.3 is 5.97 Å². The van der Waals surface area contributed by atoms with E-state index in [9.17, 15) is 4.79 Å². The molecule has 1 heterocycles. The number of carbonyl (C=O) groups is 1. The first-order chi connectivity index (χ1) is 7.94. The Balaban J connectivity index is 2.12. The summed E-state index contributed by atoms with van der Waals surface area (Å²) in [5.41, 5.74) is 4.72. The lowest BCUT2D eigenvalue weighted by Crippen LogP contribution is -2.50. The van der Waals surface area contributed by atoms with Crippen LogP contribution in [0.4, 0.5) is 0 Å². The maximum absolute atomic E-state index is 10.9. The van der Waals surface area contributed by atoms with Gasteiger partial charge in [0.1, 0.15) is 5.54 Å². The molecule has 1 aliphatic rings. The molecule has 0 aromatic carbocycles. The van der Waals surface area contributed by atoms with Crippen molar-refractivity contribution >= 4 is 5.97 Å². The van der Waals surface area contributed by atoms with E-state index in [1.807, 2.05) is 0 Å². The largest absolute Gasteiger partial charge is 0.480 e. The van der Waals surface area contributed by atoms with Crippen LogP contribution in [0.3, 0.4) is 0 Å². The summed E-state index contributed by atoms with van der Waals surface area (Å²) in [4.78, 5) is 13.0. The molecular formula is C12H24N2O3. The van der Waals surface area contributed by atoms with Crippen LogP contribution < -0.4 is 5.73 Å². The molecule has 1 unspecified atom stereocenters. The van der Waals surface area contributed by atoms with Gasteiger partial charge in [-0.1, -0.05) is 13.8 Å². The Bertz CT molecular complexity index is 258. The Morgan fingerprint density at radius 1 is 1.53 bits per heavy atom. The Morgan fingerprint density at radius 2 is 2.24 bits per heavy atom. The molecule has 5 heteroatoms. The molecule has 5 nitrogen and oxygen atoms in total. The Hall–Kier alpha value is -0.650. The fourth-order valence-electron chi connectivity index (χ4n) is 1.89. The first kappa shape index (κ1) is 14.4. The maximum Gasteiger partial charge on any atom is 0.325 e. The molecule has 0 radical (unpaired) electrons. The highest BCUT2D eigenvalue weighted by Crippen LogP contribution is 2.18. The Labute approximate surface area is 103 Å². The van der Waals surface area contributed by atoms with Gasteiger partial charge in [0.05, 0.1) is 6.61 Å². The molecule has 1 fully saturated rings. The molecule has 0 spiro atoms. The van der Waals surface area contributed by atoms with Crippen LogP contribution in [0.2, 0.25) is 0 Å². The number of aliphatic carboxylic acids is 1. The molecule has 3 N–H and O–H groups in total. The van der Waals surface area contributed by atoms with Gasteiger partial charge in [0, 0.05) is 26.2 Å². The molecular weight excluding hydrogens is 220 g/mol. The molecule has 0 bridgehead atoms. The van der Waals surface area contributed by atoms with Gasteiger partial charge in [-0.15, -0.1) is 0 Å². The predicted molar refractivity (Wildman–Crippen MR) is 65.9 cm³/mol. The molecule has 100 valence electrons. The molecule has 1 rings (SSSR count). The van der Waals surface area contributed by atoms with Gasteiger partial charge < -0.3 is 15.6 Å². The highest BCUT2D eigenvalue weighted by molar-refractivity contribution is 5.79. The lowest BCUT2D eigenvalue weighted by molar-refractivity contribution is -0.142. The molecule has 1 atom stereocenters. The summed E-state index contributed by atoms with van der Waals surface area (Å²) >= 11 is 0. The highest BCUT2D eigenvalue weighted by Gasteiger charge is 2.40. The van der Waals surface area contributed by atoms with Gasteiger partial charge in [-0.2, -0.15) is 0 Å². The molecule has 1 saturated heterocycles. The van der Waals surface area contributed by atoms with Crippen LogP contribution in [-0.2, 0) is 9.53 Å².